The van der Waals surface area contributed by atoms with E-state index in [0.29, 0.717) is 24.7 Å². The van der Waals surface area contributed by atoms with Crippen LogP contribution < -0.4 is 0 Å². The Morgan fingerprint density at radius 3 is 2.50 bits per heavy atom. The summed E-state index contributed by atoms with van der Waals surface area (Å²) in [6.45, 7) is 3.09. The molecule has 0 spiro atoms. The molecule has 1 saturated heterocycles. The van der Waals surface area contributed by atoms with Crippen LogP contribution in [0.15, 0.2) is 65.6 Å². The molecule has 3 rings (SSSR count). The van der Waals surface area contributed by atoms with Crippen molar-refractivity contribution >= 4 is 16.1 Å². The number of ether oxygens (including phenoxy) is 1. The van der Waals surface area contributed by atoms with E-state index >= 15 is 0 Å². The van der Waals surface area contributed by atoms with Crippen LogP contribution in [0.3, 0.4) is 0 Å². The molecule has 1 fully saturated rings. The minimum absolute atomic E-state index is 0.301. The zero-order valence-corrected chi connectivity index (χ0v) is 14.4. The van der Waals surface area contributed by atoms with Crippen LogP contribution in [-0.2, 0) is 14.8 Å². The molecule has 0 N–H and O–H groups in total. The van der Waals surface area contributed by atoms with E-state index in [9.17, 15) is 8.42 Å². The van der Waals surface area contributed by atoms with Gasteiger partial charge in [0, 0.05) is 6.54 Å². The Bertz CT molecular complexity index is 798. The minimum Gasteiger partial charge on any atom is -0.378 e. The van der Waals surface area contributed by atoms with Gasteiger partial charge >= 0.3 is 0 Å². The van der Waals surface area contributed by atoms with E-state index in [1.54, 1.807) is 12.1 Å². The van der Waals surface area contributed by atoms with Gasteiger partial charge in [-0.05, 0) is 24.6 Å². The summed E-state index contributed by atoms with van der Waals surface area (Å²) in [7, 11) is -3.53. The molecule has 2 aromatic carbocycles. The van der Waals surface area contributed by atoms with Crippen molar-refractivity contribution in [3.63, 3.8) is 0 Å². The fourth-order valence-electron chi connectivity index (χ4n) is 2.69. The molecule has 0 radical (unpaired) electrons. The van der Waals surface area contributed by atoms with E-state index in [0.717, 1.165) is 11.1 Å². The number of nitrogens with zero attached hydrogens (tertiary/aromatic N) is 1. The van der Waals surface area contributed by atoms with Crippen molar-refractivity contribution in [1.82, 2.24) is 4.31 Å². The molecular formula is C19H21NO3S. The first-order chi connectivity index (χ1) is 11.6. The zero-order valence-electron chi connectivity index (χ0n) is 13.6. The Balaban J connectivity index is 1.86. The third-order valence-electron chi connectivity index (χ3n) is 4.05. The maximum absolute atomic E-state index is 13.0. The van der Waals surface area contributed by atoms with Crippen LogP contribution in [0, 0.1) is 6.92 Å². The van der Waals surface area contributed by atoms with E-state index < -0.39 is 10.0 Å². The second-order valence-corrected chi connectivity index (χ2v) is 7.73. The minimum atomic E-state index is -3.53. The third kappa shape index (κ3) is 3.75. The Morgan fingerprint density at radius 2 is 1.79 bits per heavy atom. The molecule has 4 nitrogen and oxygen atoms in total. The number of aryl methyl sites for hydroxylation is 1. The highest BCUT2D eigenvalue weighted by Gasteiger charge is 2.32. The molecule has 2 aromatic rings. The van der Waals surface area contributed by atoms with Gasteiger partial charge in [0.1, 0.15) is 0 Å². The zero-order chi connectivity index (χ0) is 17.0. The van der Waals surface area contributed by atoms with Crippen molar-refractivity contribution in [2.24, 2.45) is 0 Å². The molecule has 126 valence electrons. The summed E-state index contributed by atoms with van der Waals surface area (Å²) in [5.41, 5.74) is 2.08. The lowest BCUT2D eigenvalue weighted by Crippen LogP contribution is -2.47. The van der Waals surface area contributed by atoms with Crippen molar-refractivity contribution in [2.75, 3.05) is 19.8 Å². The average molecular weight is 343 g/mol. The van der Waals surface area contributed by atoms with Crippen LogP contribution in [0.1, 0.15) is 11.1 Å². The lowest BCUT2D eigenvalue weighted by Gasteiger charge is -2.32. The fraction of sp³-hybridized carbons (Fsp3) is 0.263. The largest absolute Gasteiger partial charge is 0.378 e. The maximum Gasteiger partial charge on any atom is 0.243 e. The lowest BCUT2D eigenvalue weighted by molar-refractivity contribution is 0.0490. The van der Waals surface area contributed by atoms with E-state index in [-0.39, 0.29) is 6.04 Å². The van der Waals surface area contributed by atoms with E-state index in [1.807, 2.05) is 61.5 Å². The topological polar surface area (TPSA) is 46.6 Å². The highest BCUT2D eigenvalue weighted by Crippen LogP contribution is 2.22. The van der Waals surface area contributed by atoms with Gasteiger partial charge in [0.2, 0.25) is 10.0 Å². The number of benzene rings is 2. The Hall–Kier alpha value is -1.95. The highest BCUT2D eigenvalue weighted by atomic mass is 32.2. The molecule has 1 aliphatic rings. The molecule has 1 atom stereocenters. The van der Waals surface area contributed by atoms with Crippen molar-refractivity contribution < 1.29 is 13.2 Å². The van der Waals surface area contributed by atoms with Crippen molar-refractivity contribution in [2.45, 2.75) is 17.9 Å². The first-order valence-corrected chi connectivity index (χ1v) is 9.41. The number of rotatable bonds is 4. The molecule has 0 aromatic heterocycles. The third-order valence-corrected chi connectivity index (χ3v) is 5.99. The normalized spacial score (nSPS) is 19.6. The summed E-state index contributed by atoms with van der Waals surface area (Å²) in [4.78, 5) is 0.327. The van der Waals surface area contributed by atoms with Crippen LogP contribution in [0.2, 0.25) is 0 Å². The fourth-order valence-corrected chi connectivity index (χ4v) is 4.24. The van der Waals surface area contributed by atoms with Gasteiger partial charge in [-0.2, -0.15) is 4.31 Å². The summed E-state index contributed by atoms with van der Waals surface area (Å²) in [6, 6.07) is 16.5. The molecule has 1 aliphatic heterocycles. The molecule has 0 saturated carbocycles. The predicted octanol–water partition coefficient (Wildman–Crippen LogP) is 3.10. The van der Waals surface area contributed by atoms with Gasteiger partial charge in [0.15, 0.2) is 0 Å². The SMILES string of the molecule is Cc1ccc(S(=O)(=O)N2CCOCC2/C=C/c2ccccc2)cc1. The smallest absolute Gasteiger partial charge is 0.243 e. The van der Waals surface area contributed by atoms with Gasteiger partial charge in [-0.3, -0.25) is 0 Å². The van der Waals surface area contributed by atoms with Crippen LogP contribution >= 0.6 is 0 Å². The van der Waals surface area contributed by atoms with Gasteiger partial charge < -0.3 is 4.74 Å². The predicted molar refractivity (Wildman–Crippen MR) is 95.2 cm³/mol. The molecule has 0 amide bonds. The summed E-state index contributed by atoms with van der Waals surface area (Å²) >= 11 is 0. The van der Waals surface area contributed by atoms with Crippen LogP contribution in [0.25, 0.3) is 6.08 Å². The lowest BCUT2D eigenvalue weighted by atomic mass is 10.1. The van der Waals surface area contributed by atoms with Crippen LogP contribution in [-0.4, -0.2) is 38.5 Å². The standard InChI is InChI=1S/C19H21NO3S/c1-16-7-11-19(12-8-16)24(21,22)20-13-14-23-15-18(20)10-9-17-5-3-2-4-6-17/h2-12,18H,13-15H2,1H3/b10-9+. The monoisotopic (exact) mass is 343 g/mol. The summed E-state index contributed by atoms with van der Waals surface area (Å²) in [5.74, 6) is 0. The highest BCUT2D eigenvalue weighted by molar-refractivity contribution is 7.89. The summed E-state index contributed by atoms with van der Waals surface area (Å²) in [6.07, 6.45) is 3.84. The quantitative estimate of drug-likeness (QED) is 0.857. The van der Waals surface area contributed by atoms with Crippen LogP contribution in [0.4, 0.5) is 0 Å². The molecule has 1 heterocycles. The Labute approximate surface area is 143 Å². The molecule has 5 heteroatoms. The van der Waals surface area contributed by atoms with Gasteiger partial charge in [-0.15, -0.1) is 0 Å². The van der Waals surface area contributed by atoms with Crippen molar-refractivity contribution in [3.8, 4) is 0 Å². The second-order valence-electron chi connectivity index (χ2n) is 5.84. The van der Waals surface area contributed by atoms with Crippen LogP contribution in [0.5, 0.6) is 0 Å². The molecule has 0 aliphatic carbocycles. The maximum atomic E-state index is 13.0. The molecule has 24 heavy (non-hydrogen) atoms. The van der Waals surface area contributed by atoms with E-state index in [1.165, 1.54) is 4.31 Å². The van der Waals surface area contributed by atoms with E-state index in [2.05, 4.69) is 0 Å². The number of morpholine rings is 1. The molecule has 1 unspecified atom stereocenters. The number of hydrogen-bond acceptors (Lipinski definition) is 3. The molecule has 0 bridgehead atoms. The van der Waals surface area contributed by atoms with Crippen molar-refractivity contribution in [3.05, 3.63) is 71.8 Å². The van der Waals surface area contributed by atoms with Gasteiger partial charge in [-0.1, -0.05) is 60.2 Å². The summed E-state index contributed by atoms with van der Waals surface area (Å²) < 4.78 is 32.9. The molecular weight excluding hydrogens is 322 g/mol. The second kappa shape index (κ2) is 7.30. The van der Waals surface area contributed by atoms with Crippen molar-refractivity contribution in [1.29, 1.82) is 0 Å². The summed E-state index contributed by atoms with van der Waals surface area (Å²) in [5, 5.41) is 0. The Morgan fingerprint density at radius 1 is 1.08 bits per heavy atom. The van der Waals surface area contributed by atoms with Gasteiger partial charge in [0.25, 0.3) is 0 Å². The number of sulfonamides is 1. The average Bonchev–Trinajstić information content (AvgIpc) is 2.61. The van der Waals surface area contributed by atoms with Gasteiger partial charge in [0.05, 0.1) is 24.2 Å². The number of hydrogen-bond donors (Lipinski definition) is 0. The van der Waals surface area contributed by atoms with E-state index in [4.69, 9.17) is 4.74 Å². The first-order valence-electron chi connectivity index (χ1n) is 7.97. The Kier molecular flexibility index (Phi) is 5.14. The first kappa shape index (κ1) is 16.9. The van der Waals surface area contributed by atoms with Gasteiger partial charge in [-0.25, -0.2) is 8.42 Å².